The van der Waals surface area contributed by atoms with Crippen LogP contribution in [0.1, 0.15) is 22.7 Å². The van der Waals surface area contributed by atoms with Crippen molar-refractivity contribution in [1.29, 1.82) is 0 Å². The second-order valence-electron chi connectivity index (χ2n) is 6.33. The number of rotatable bonds is 4. The van der Waals surface area contributed by atoms with E-state index in [0.29, 0.717) is 6.42 Å². The normalized spacial score (nSPS) is 15.7. The molecule has 0 spiro atoms. The quantitative estimate of drug-likeness (QED) is 0.783. The third-order valence-electron chi connectivity index (χ3n) is 4.61. The second kappa shape index (κ2) is 6.81. The number of nitrogens with one attached hydrogen (secondary N) is 1. The lowest BCUT2D eigenvalue weighted by molar-refractivity contribution is -0.120. The van der Waals surface area contributed by atoms with E-state index in [0.717, 1.165) is 17.7 Å². The first-order valence-corrected chi connectivity index (χ1v) is 8.57. The summed E-state index contributed by atoms with van der Waals surface area (Å²) in [6, 6.07) is 28.6. The maximum atomic E-state index is 12.6. The molecule has 124 valence electrons. The molecule has 3 aromatic rings. The van der Waals surface area contributed by atoms with Gasteiger partial charge in [0, 0.05) is 6.42 Å². The summed E-state index contributed by atoms with van der Waals surface area (Å²) < 4.78 is 0. The zero-order valence-electron chi connectivity index (χ0n) is 13.9. The van der Waals surface area contributed by atoms with Crippen LogP contribution >= 0.6 is 0 Å². The number of para-hydroxylation sites is 1. The van der Waals surface area contributed by atoms with Gasteiger partial charge in [-0.15, -0.1) is 0 Å². The molecule has 3 nitrogen and oxygen atoms in total. The van der Waals surface area contributed by atoms with E-state index in [9.17, 15) is 4.79 Å². The van der Waals surface area contributed by atoms with Crippen molar-refractivity contribution in [2.45, 2.75) is 18.9 Å². The van der Waals surface area contributed by atoms with E-state index in [1.165, 1.54) is 11.1 Å². The second-order valence-corrected chi connectivity index (χ2v) is 6.33. The average Bonchev–Trinajstić information content (AvgIpc) is 3.02. The number of hydrazine groups is 1. The minimum absolute atomic E-state index is 0.00355. The molecule has 1 amide bonds. The van der Waals surface area contributed by atoms with Crippen molar-refractivity contribution in [2.24, 2.45) is 0 Å². The Morgan fingerprint density at radius 2 is 1.52 bits per heavy atom. The van der Waals surface area contributed by atoms with Crippen molar-refractivity contribution >= 4 is 11.6 Å². The molecule has 0 saturated carbocycles. The Labute approximate surface area is 147 Å². The van der Waals surface area contributed by atoms with Gasteiger partial charge in [-0.05, 0) is 22.8 Å². The SMILES string of the molecule is O=C(Cc1ccccc1)NN1c2ccccc2CC1c1ccccc1. The largest absolute Gasteiger partial charge is 0.277 e. The van der Waals surface area contributed by atoms with Crippen LogP contribution < -0.4 is 10.4 Å². The molecular formula is C22H20N2O. The van der Waals surface area contributed by atoms with Gasteiger partial charge in [-0.25, -0.2) is 0 Å². The maximum Gasteiger partial charge on any atom is 0.242 e. The molecule has 1 atom stereocenters. The molecule has 0 bridgehead atoms. The van der Waals surface area contributed by atoms with Crippen LogP contribution in [0.5, 0.6) is 0 Å². The van der Waals surface area contributed by atoms with E-state index >= 15 is 0 Å². The van der Waals surface area contributed by atoms with Crippen LogP contribution in [0.2, 0.25) is 0 Å². The molecule has 4 rings (SSSR count). The highest BCUT2D eigenvalue weighted by atomic mass is 16.2. The molecule has 0 saturated heterocycles. The van der Waals surface area contributed by atoms with Crippen molar-refractivity contribution in [3.05, 3.63) is 102 Å². The van der Waals surface area contributed by atoms with Gasteiger partial charge < -0.3 is 0 Å². The van der Waals surface area contributed by atoms with Gasteiger partial charge >= 0.3 is 0 Å². The highest BCUT2D eigenvalue weighted by Crippen LogP contribution is 2.38. The Bertz CT molecular complexity index is 861. The first kappa shape index (κ1) is 15.5. The standard InChI is InChI=1S/C22H20N2O/c25-22(15-17-9-3-1-4-10-17)23-24-20-14-8-7-13-19(20)16-21(24)18-11-5-2-6-12-18/h1-14,21H,15-16H2,(H,23,25). The number of hydrogen-bond donors (Lipinski definition) is 1. The molecule has 1 N–H and O–H groups in total. The average molecular weight is 328 g/mol. The summed E-state index contributed by atoms with van der Waals surface area (Å²) in [6.07, 6.45) is 1.27. The van der Waals surface area contributed by atoms with Gasteiger partial charge in [-0.3, -0.25) is 15.2 Å². The van der Waals surface area contributed by atoms with E-state index in [1.54, 1.807) is 0 Å². The summed E-state index contributed by atoms with van der Waals surface area (Å²) >= 11 is 0. The Balaban J connectivity index is 1.59. The van der Waals surface area contributed by atoms with Gasteiger partial charge in [0.25, 0.3) is 0 Å². The van der Waals surface area contributed by atoms with Gasteiger partial charge in [0.2, 0.25) is 5.91 Å². The van der Waals surface area contributed by atoms with Crippen LogP contribution in [-0.4, -0.2) is 5.91 Å². The lowest BCUT2D eigenvalue weighted by Gasteiger charge is -2.28. The van der Waals surface area contributed by atoms with Gasteiger partial charge in [-0.1, -0.05) is 78.9 Å². The van der Waals surface area contributed by atoms with Crippen LogP contribution in [0.3, 0.4) is 0 Å². The van der Waals surface area contributed by atoms with E-state index < -0.39 is 0 Å². The Morgan fingerprint density at radius 3 is 2.28 bits per heavy atom. The zero-order chi connectivity index (χ0) is 17.1. The van der Waals surface area contributed by atoms with Crippen molar-refractivity contribution in [3.63, 3.8) is 0 Å². The van der Waals surface area contributed by atoms with Crippen LogP contribution in [-0.2, 0) is 17.6 Å². The molecule has 3 aromatic carbocycles. The summed E-state index contributed by atoms with van der Waals surface area (Å²) in [5, 5.41) is 2.02. The van der Waals surface area contributed by atoms with E-state index in [1.807, 2.05) is 59.6 Å². The lowest BCUT2D eigenvalue weighted by Crippen LogP contribution is -2.43. The molecule has 0 fully saturated rings. The highest BCUT2D eigenvalue weighted by Gasteiger charge is 2.31. The number of amides is 1. The van der Waals surface area contributed by atoms with Crippen LogP contribution in [0.15, 0.2) is 84.9 Å². The minimum Gasteiger partial charge on any atom is -0.277 e. The number of carbonyl (C=O) groups excluding carboxylic acids is 1. The van der Waals surface area contributed by atoms with Gasteiger partial charge in [0.15, 0.2) is 0 Å². The summed E-state index contributed by atoms with van der Waals surface area (Å²) in [6.45, 7) is 0. The Morgan fingerprint density at radius 1 is 0.880 bits per heavy atom. The Kier molecular flexibility index (Phi) is 4.21. The van der Waals surface area contributed by atoms with Crippen molar-refractivity contribution in [3.8, 4) is 0 Å². The fourth-order valence-electron chi connectivity index (χ4n) is 3.42. The number of anilines is 1. The van der Waals surface area contributed by atoms with Crippen LogP contribution in [0, 0.1) is 0 Å². The number of carbonyl (C=O) groups is 1. The zero-order valence-corrected chi connectivity index (χ0v) is 13.9. The topological polar surface area (TPSA) is 32.3 Å². The van der Waals surface area contributed by atoms with Crippen LogP contribution in [0.4, 0.5) is 5.69 Å². The fraction of sp³-hybridized carbons (Fsp3) is 0.136. The van der Waals surface area contributed by atoms with Crippen LogP contribution in [0.25, 0.3) is 0 Å². The molecule has 0 aliphatic carbocycles. The first-order valence-electron chi connectivity index (χ1n) is 8.57. The monoisotopic (exact) mass is 328 g/mol. The van der Waals surface area contributed by atoms with E-state index in [2.05, 4.69) is 35.8 Å². The third kappa shape index (κ3) is 3.26. The summed E-state index contributed by atoms with van der Waals surface area (Å²) in [5.74, 6) is 0.00355. The molecule has 1 aliphatic heterocycles. The molecule has 1 unspecified atom stereocenters. The number of fused-ring (bicyclic) bond motifs is 1. The van der Waals surface area contributed by atoms with Gasteiger partial charge in [-0.2, -0.15) is 0 Å². The number of benzene rings is 3. The van der Waals surface area contributed by atoms with Crippen molar-refractivity contribution in [2.75, 3.05) is 5.01 Å². The number of hydrogen-bond acceptors (Lipinski definition) is 2. The predicted molar refractivity (Wildman–Crippen MR) is 100 cm³/mol. The van der Waals surface area contributed by atoms with Crippen molar-refractivity contribution in [1.82, 2.24) is 5.43 Å². The van der Waals surface area contributed by atoms with E-state index in [-0.39, 0.29) is 11.9 Å². The summed E-state index contributed by atoms with van der Waals surface area (Å²) in [7, 11) is 0. The first-order chi connectivity index (χ1) is 12.3. The summed E-state index contributed by atoms with van der Waals surface area (Å²) in [4.78, 5) is 12.6. The molecule has 1 aliphatic rings. The maximum absolute atomic E-state index is 12.6. The number of nitrogens with zero attached hydrogens (tertiary/aromatic N) is 1. The molecule has 25 heavy (non-hydrogen) atoms. The highest BCUT2D eigenvalue weighted by molar-refractivity contribution is 5.81. The van der Waals surface area contributed by atoms with Crippen molar-refractivity contribution < 1.29 is 4.79 Å². The molecular weight excluding hydrogens is 308 g/mol. The third-order valence-corrected chi connectivity index (χ3v) is 4.61. The molecule has 0 aromatic heterocycles. The molecule has 3 heteroatoms. The predicted octanol–water partition coefficient (Wildman–Crippen LogP) is 4.06. The smallest absolute Gasteiger partial charge is 0.242 e. The minimum atomic E-state index is 0.00355. The summed E-state index contributed by atoms with van der Waals surface area (Å²) in [5.41, 5.74) is 7.69. The molecule has 0 radical (unpaired) electrons. The van der Waals surface area contributed by atoms with Gasteiger partial charge in [0.05, 0.1) is 18.2 Å². The van der Waals surface area contributed by atoms with E-state index in [4.69, 9.17) is 0 Å². The fourth-order valence-corrected chi connectivity index (χ4v) is 3.42. The lowest BCUT2D eigenvalue weighted by atomic mass is 10.0. The van der Waals surface area contributed by atoms with Gasteiger partial charge in [0.1, 0.15) is 0 Å². The molecule has 1 heterocycles. The Hall–Kier alpha value is -3.07.